The number of methoxy groups -OCH3 is 1. The molecule has 0 spiro atoms. The molecule has 3 rings (SSSR count). The summed E-state index contributed by atoms with van der Waals surface area (Å²) in [6.07, 6.45) is 2.80. The van der Waals surface area contributed by atoms with E-state index in [9.17, 15) is 14.4 Å². The Morgan fingerprint density at radius 2 is 1.93 bits per heavy atom. The predicted octanol–water partition coefficient (Wildman–Crippen LogP) is 1.95. The number of hydrogen-bond donors (Lipinski definition) is 2. The monoisotopic (exact) mass is 374 g/mol. The van der Waals surface area contributed by atoms with E-state index < -0.39 is 0 Å². The number of amides is 4. The Bertz CT molecular complexity index is 736. The number of anilines is 2. The zero-order chi connectivity index (χ0) is 19.4. The van der Waals surface area contributed by atoms with Crippen LogP contribution in [0.1, 0.15) is 32.6 Å². The minimum atomic E-state index is -0.349. The Balaban J connectivity index is 1.61. The number of carbonyl (C=O) groups is 3. The summed E-state index contributed by atoms with van der Waals surface area (Å²) in [6.45, 7) is 3.76. The first-order valence-electron chi connectivity index (χ1n) is 9.31. The lowest BCUT2D eigenvalue weighted by Crippen LogP contribution is -2.44. The normalized spacial score (nSPS) is 18.0. The van der Waals surface area contributed by atoms with Gasteiger partial charge >= 0.3 is 6.03 Å². The van der Waals surface area contributed by atoms with Crippen molar-refractivity contribution in [3.8, 4) is 5.75 Å². The van der Waals surface area contributed by atoms with Gasteiger partial charge in [-0.05, 0) is 38.0 Å². The standard InChI is InChI=1S/C19H26N4O4/c1-13(12-22-9-3-5-17(22)24)20-19(26)21-14-7-8-16(27-2)15(11-14)23-10-4-6-18(23)25/h7-8,11,13H,3-6,9-10,12H2,1-2H3,(H2,20,21,26)/t13-/m1/s1. The molecule has 0 radical (unpaired) electrons. The second kappa shape index (κ2) is 8.28. The molecule has 27 heavy (non-hydrogen) atoms. The summed E-state index contributed by atoms with van der Waals surface area (Å²) in [7, 11) is 1.56. The molecule has 1 aromatic carbocycles. The molecule has 1 aromatic rings. The van der Waals surface area contributed by atoms with Crippen molar-refractivity contribution in [3.05, 3.63) is 18.2 Å². The molecule has 2 aliphatic heterocycles. The van der Waals surface area contributed by atoms with Gasteiger partial charge in [0.2, 0.25) is 11.8 Å². The van der Waals surface area contributed by atoms with Crippen LogP contribution < -0.4 is 20.3 Å². The van der Waals surface area contributed by atoms with E-state index in [1.54, 1.807) is 35.1 Å². The molecule has 0 aromatic heterocycles. The molecule has 0 unspecified atom stereocenters. The molecule has 1 atom stereocenters. The van der Waals surface area contributed by atoms with E-state index in [-0.39, 0.29) is 23.9 Å². The summed E-state index contributed by atoms with van der Waals surface area (Å²) >= 11 is 0. The van der Waals surface area contributed by atoms with E-state index >= 15 is 0 Å². The first kappa shape index (κ1) is 19.0. The maximum atomic E-state index is 12.3. The molecule has 8 heteroatoms. The lowest BCUT2D eigenvalue weighted by atomic mass is 10.2. The maximum absolute atomic E-state index is 12.3. The molecule has 2 saturated heterocycles. The maximum Gasteiger partial charge on any atom is 0.319 e. The van der Waals surface area contributed by atoms with Crippen molar-refractivity contribution in [2.24, 2.45) is 0 Å². The molecule has 2 fully saturated rings. The lowest BCUT2D eigenvalue weighted by molar-refractivity contribution is -0.128. The van der Waals surface area contributed by atoms with E-state index in [0.29, 0.717) is 43.1 Å². The number of nitrogens with one attached hydrogen (secondary N) is 2. The van der Waals surface area contributed by atoms with E-state index in [1.807, 2.05) is 6.92 Å². The number of rotatable bonds is 6. The summed E-state index contributed by atoms with van der Waals surface area (Å²) in [5, 5.41) is 5.64. The zero-order valence-electron chi connectivity index (χ0n) is 15.8. The summed E-state index contributed by atoms with van der Waals surface area (Å²) in [5.41, 5.74) is 1.24. The van der Waals surface area contributed by atoms with Gasteiger partial charge in [-0.3, -0.25) is 9.59 Å². The number of carbonyl (C=O) groups excluding carboxylic acids is 3. The van der Waals surface area contributed by atoms with E-state index in [0.717, 1.165) is 19.4 Å². The number of urea groups is 1. The van der Waals surface area contributed by atoms with Crippen molar-refractivity contribution < 1.29 is 19.1 Å². The van der Waals surface area contributed by atoms with E-state index in [1.165, 1.54) is 0 Å². The first-order valence-corrected chi connectivity index (χ1v) is 9.31. The van der Waals surface area contributed by atoms with Gasteiger partial charge in [-0.1, -0.05) is 0 Å². The Labute approximate surface area is 158 Å². The highest BCUT2D eigenvalue weighted by atomic mass is 16.5. The molecule has 4 amide bonds. The predicted molar refractivity (Wildman–Crippen MR) is 102 cm³/mol. The molecule has 2 N–H and O–H groups in total. The second-order valence-electron chi connectivity index (χ2n) is 6.98. The van der Waals surface area contributed by atoms with Crippen LogP contribution in [-0.2, 0) is 9.59 Å². The molecule has 2 aliphatic rings. The number of benzene rings is 1. The van der Waals surface area contributed by atoms with Gasteiger partial charge in [-0.2, -0.15) is 0 Å². The quantitative estimate of drug-likeness (QED) is 0.796. The van der Waals surface area contributed by atoms with Gasteiger partial charge in [-0.15, -0.1) is 0 Å². The molecule has 146 valence electrons. The minimum Gasteiger partial charge on any atom is -0.495 e. The fourth-order valence-corrected chi connectivity index (χ4v) is 3.55. The van der Waals surface area contributed by atoms with Crippen LogP contribution in [-0.4, -0.2) is 55.5 Å². The van der Waals surface area contributed by atoms with Gasteiger partial charge in [0.25, 0.3) is 0 Å². The summed E-state index contributed by atoms with van der Waals surface area (Å²) in [6, 6.07) is 4.71. The smallest absolute Gasteiger partial charge is 0.319 e. The summed E-state index contributed by atoms with van der Waals surface area (Å²) < 4.78 is 5.36. The van der Waals surface area contributed by atoms with Crippen LogP contribution >= 0.6 is 0 Å². The largest absolute Gasteiger partial charge is 0.495 e. The molecule has 2 heterocycles. The molecule has 0 aliphatic carbocycles. The van der Waals surface area contributed by atoms with Crippen LogP contribution in [0.3, 0.4) is 0 Å². The number of nitrogens with zero attached hydrogens (tertiary/aromatic N) is 2. The first-order chi connectivity index (χ1) is 13.0. The van der Waals surface area contributed by atoms with Gasteiger partial charge in [0, 0.05) is 44.2 Å². The topological polar surface area (TPSA) is 91.0 Å². The third-order valence-corrected chi connectivity index (χ3v) is 4.84. The van der Waals surface area contributed by atoms with Gasteiger partial charge < -0.3 is 25.2 Å². The zero-order valence-corrected chi connectivity index (χ0v) is 15.8. The Morgan fingerprint density at radius 1 is 1.19 bits per heavy atom. The SMILES string of the molecule is COc1ccc(NC(=O)N[C@H](C)CN2CCCC2=O)cc1N1CCCC1=O. The molecule has 0 saturated carbocycles. The number of ether oxygens (including phenoxy) is 1. The fraction of sp³-hybridized carbons (Fsp3) is 0.526. The number of hydrogen-bond acceptors (Lipinski definition) is 4. The highest BCUT2D eigenvalue weighted by Crippen LogP contribution is 2.34. The van der Waals surface area contributed by atoms with Gasteiger partial charge in [-0.25, -0.2) is 4.79 Å². The fourth-order valence-electron chi connectivity index (χ4n) is 3.55. The van der Waals surface area contributed by atoms with Gasteiger partial charge in [0.15, 0.2) is 0 Å². The highest BCUT2D eigenvalue weighted by molar-refractivity contribution is 5.98. The van der Waals surface area contributed by atoms with Crippen LogP contribution in [0.5, 0.6) is 5.75 Å². The van der Waals surface area contributed by atoms with Crippen molar-refractivity contribution in [3.63, 3.8) is 0 Å². The van der Waals surface area contributed by atoms with Crippen LogP contribution in [0.2, 0.25) is 0 Å². The Kier molecular flexibility index (Phi) is 5.83. The average Bonchev–Trinajstić information content (AvgIpc) is 3.23. The van der Waals surface area contributed by atoms with Crippen molar-refractivity contribution in [1.82, 2.24) is 10.2 Å². The molecular weight excluding hydrogens is 348 g/mol. The van der Waals surface area contributed by atoms with Crippen molar-refractivity contribution in [1.29, 1.82) is 0 Å². The van der Waals surface area contributed by atoms with Crippen LogP contribution in [0.4, 0.5) is 16.2 Å². The van der Waals surface area contributed by atoms with Crippen LogP contribution in [0, 0.1) is 0 Å². The van der Waals surface area contributed by atoms with Gasteiger partial charge in [0.05, 0.1) is 12.8 Å². The van der Waals surface area contributed by atoms with Crippen LogP contribution in [0.25, 0.3) is 0 Å². The van der Waals surface area contributed by atoms with Crippen molar-refractivity contribution in [2.75, 3.05) is 37.0 Å². The lowest BCUT2D eigenvalue weighted by Gasteiger charge is -2.22. The average molecular weight is 374 g/mol. The van der Waals surface area contributed by atoms with Gasteiger partial charge in [0.1, 0.15) is 5.75 Å². The molecular formula is C19H26N4O4. The summed E-state index contributed by atoms with van der Waals surface area (Å²) in [5.74, 6) is 0.787. The molecule has 0 bridgehead atoms. The Morgan fingerprint density at radius 3 is 2.56 bits per heavy atom. The molecule has 8 nitrogen and oxygen atoms in total. The second-order valence-corrected chi connectivity index (χ2v) is 6.98. The van der Waals surface area contributed by atoms with Crippen LogP contribution in [0.15, 0.2) is 18.2 Å². The van der Waals surface area contributed by atoms with E-state index in [2.05, 4.69) is 10.6 Å². The third kappa shape index (κ3) is 4.50. The van der Waals surface area contributed by atoms with E-state index in [4.69, 9.17) is 4.74 Å². The number of likely N-dealkylation sites (tertiary alicyclic amines) is 1. The third-order valence-electron chi connectivity index (χ3n) is 4.84. The van der Waals surface area contributed by atoms with Crippen molar-refractivity contribution >= 4 is 29.2 Å². The van der Waals surface area contributed by atoms with Crippen molar-refractivity contribution in [2.45, 2.75) is 38.6 Å². The summed E-state index contributed by atoms with van der Waals surface area (Å²) in [4.78, 5) is 39.5. The highest BCUT2D eigenvalue weighted by Gasteiger charge is 2.25. The Hall–Kier alpha value is -2.77. The minimum absolute atomic E-state index is 0.0544.